The van der Waals surface area contributed by atoms with Gasteiger partial charge in [-0.25, -0.2) is 4.98 Å². The largest absolute Gasteiger partial charge is 0.357 e. The van der Waals surface area contributed by atoms with E-state index in [1.807, 2.05) is 31.3 Å². The van der Waals surface area contributed by atoms with E-state index in [0.717, 1.165) is 43.9 Å². The van der Waals surface area contributed by atoms with Crippen LogP contribution in [0.3, 0.4) is 0 Å². The molecule has 138 valence electrons. The highest BCUT2D eigenvalue weighted by Gasteiger charge is 2.22. The number of rotatable bonds is 7. The summed E-state index contributed by atoms with van der Waals surface area (Å²) in [4.78, 5) is 27.3. The van der Waals surface area contributed by atoms with Crippen LogP contribution in [0.25, 0.3) is 0 Å². The predicted molar refractivity (Wildman–Crippen MR) is 102 cm³/mol. The first kappa shape index (κ1) is 18.1. The maximum Gasteiger partial charge on any atom is 0.224 e. The number of hydrogen-bond acceptors (Lipinski definition) is 6. The molecule has 2 aromatic rings. The van der Waals surface area contributed by atoms with Crippen LogP contribution < -0.4 is 15.5 Å². The smallest absolute Gasteiger partial charge is 0.224 e. The molecule has 2 aromatic heterocycles. The lowest BCUT2D eigenvalue weighted by Crippen LogP contribution is -2.36. The van der Waals surface area contributed by atoms with Gasteiger partial charge >= 0.3 is 0 Å². The first-order chi connectivity index (χ1) is 12.7. The molecule has 0 aliphatic carbocycles. The molecule has 2 N–H and O–H groups in total. The summed E-state index contributed by atoms with van der Waals surface area (Å²) in [5.41, 5.74) is 1.01. The lowest BCUT2D eigenvalue weighted by Gasteiger charge is -2.32. The molecule has 1 aliphatic heterocycles. The van der Waals surface area contributed by atoms with E-state index < -0.39 is 0 Å². The second-order valence-electron chi connectivity index (χ2n) is 6.54. The van der Waals surface area contributed by atoms with Gasteiger partial charge in [0, 0.05) is 57.6 Å². The molecule has 26 heavy (non-hydrogen) atoms. The number of nitrogens with zero attached hydrogens (tertiary/aromatic N) is 4. The van der Waals surface area contributed by atoms with Gasteiger partial charge in [0.1, 0.15) is 5.82 Å². The van der Waals surface area contributed by atoms with Gasteiger partial charge in [-0.1, -0.05) is 6.07 Å². The molecule has 0 saturated carbocycles. The number of carbonyl (C=O) groups is 1. The lowest BCUT2D eigenvalue weighted by atomic mass is 9.93. The van der Waals surface area contributed by atoms with Gasteiger partial charge in [0.05, 0.1) is 0 Å². The van der Waals surface area contributed by atoms with E-state index >= 15 is 0 Å². The van der Waals surface area contributed by atoms with Crippen molar-refractivity contribution in [1.29, 1.82) is 0 Å². The number of carbonyl (C=O) groups excluding carboxylic acids is 1. The average Bonchev–Trinajstić information content (AvgIpc) is 2.69. The topological polar surface area (TPSA) is 83.0 Å². The first-order valence-electron chi connectivity index (χ1n) is 9.17. The highest BCUT2D eigenvalue weighted by molar-refractivity contribution is 5.76. The van der Waals surface area contributed by atoms with Crippen LogP contribution in [-0.2, 0) is 11.2 Å². The number of piperidine rings is 1. The van der Waals surface area contributed by atoms with Crippen molar-refractivity contribution in [1.82, 2.24) is 20.3 Å². The molecular weight excluding hydrogens is 328 g/mol. The Kier molecular flexibility index (Phi) is 6.35. The average molecular weight is 354 g/mol. The number of amides is 1. The zero-order chi connectivity index (χ0) is 18.2. The summed E-state index contributed by atoms with van der Waals surface area (Å²) < 4.78 is 0. The number of nitrogens with one attached hydrogen (secondary N) is 2. The van der Waals surface area contributed by atoms with Gasteiger partial charge in [-0.05, 0) is 37.0 Å². The molecule has 3 heterocycles. The van der Waals surface area contributed by atoms with Crippen molar-refractivity contribution >= 4 is 17.7 Å². The molecule has 0 spiro atoms. The van der Waals surface area contributed by atoms with E-state index in [1.165, 1.54) is 0 Å². The van der Waals surface area contributed by atoms with E-state index in [2.05, 4.69) is 30.5 Å². The molecule has 1 fully saturated rings. The maximum absolute atomic E-state index is 12.2. The van der Waals surface area contributed by atoms with Crippen molar-refractivity contribution in [2.45, 2.75) is 25.7 Å². The Morgan fingerprint density at radius 1 is 1.19 bits per heavy atom. The van der Waals surface area contributed by atoms with E-state index in [4.69, 9.17) is 0 Å². The Labute approximate surface area is 154 Å². The third kappa shape index (κ3) is 5.15. The highest BCUT2D eigenvalue weighted by atomic mass is 16.1. The van der Waals surface area contributed by atoms with Gasteiger partial charge in [-0.3, -0.25) is 9.78 Å². The van der Waals surface area contributed by atoms with E-state index in [-0.39, 0.29) is 5.91 Å². The Hall–Kier alpha value is -2.70. The second-order valence-corrected chi connectivity index (χ2v) is 6.54. The second kappa shape index (κ2) is 9.12. The standard InChI is InChI=1S/C19H26N6O/c1-20-19-23-11-6-17(24-19)25-12-7-15(8-13-25)14-18(26)22-10-5-16-4-2-3-9-21-16/h2-4,6,9,11,15H,5,7-8,10,12-14H2,1H3,(H,22,26)(H,20,23,24). The van der Waals surface area contributed by atoms with Crippen molar-refractivity contribution in [2.24, 2.45) is 5.92 Å². The van der Waals surface area contributed by atoms with Crippen LogP contribution in [0.1, 0.15) is 25.0 Å². The van der Waals surface area contributed by atoms with Gasteiger partial charge in [-0.2, -0.15) is 4.98 Å². The van der Waals surface area contributed by atoms with Crippen LogP contribution in [0.2, 0.25) is 0 Å². The molecule has 7 nitrogen and oxygen atoms in total. The van der Waals surface area contributed by atoms with Crippen molar-refractivity contribution in [2.75, 3.05) is 36.9 Å². The van der Waals surface area contributed by atoms with Gasteiger partial charge < -0.3 is 15.5 Å². The minimum Gasteiger partial charge on any atom is -0.357 e. The molecular formula is C19H26N6O. The van der Waals surface area contributed by atoms with E-state index in [1.54, 1.807) is 12.4 Å². The van der Waals surface area contributed by atoms with Crippen molar-refractivity contribution in [3.63, 3.8) is 0 Å². The van der Waals surface area contributed by atoms with Crippen LogP contribution >= 0.6 is 0 Å². The van der Waals surface area contributed by atoms with Crippen molar-refractivity contribution in [3.05, 3.63) is 42.4 Å². The predicted octanol–water partition coefficient (Wildman–Crippen LogP) is 1.88. The molecule has 0 aromatic carbocycles. The van der Waals surface area contributed by atoms with Gasteiger partial charge in [0.15, 0.2) is 0 Å². The zero-order valence-electron chi connectivity index (χ0n) is 15.2. The minimum absolute atomic E-state index is 0.138. The monoisotopic (exact) mass is 354 g/mol. The third-order valence-electron chi connectivity index (χ3n) is 4.71. The zero-order valence-corrected chi connectivity index (χ0v) is 15.2. The number of hydrogen-bond donors (Lipinski definition) is 2. The minimum atomic E-state index is 0.138. The molecule has 1 amide bonds. The van der Waals surface area contributed by atoms with Crippen LogP contribution in [-0.4, -0.2) is 47.5 Å². The Morgan fingerprint density at radius 3 is 2.77 bits per heavy atom. The van der Waals surface area contributed by atoms with Gasteiger partial charge in [0.2, 0.25) is 11.9 Å². The summed E-state index contributed by atoms with van der Waals surface area (Å²) in [7, 11) is 1.82. The molecule has 3 rings (SSSR count). The van der Waals surface area contributed by atoms with E-state index in [9.17, 15) is 4.79 Å². The number of pyridine rings is 1. The molecule has 0 bridgehead atoms. The quantitative estimate of drug-likeness (QED) is 0.790. The summed E-state index contributed by atoms with van der Waals surface area (Å²) in [5.74, 6) is 2.16. The van der Waals surface area contributed by atoms with Gasteiger partial charge in [-0.15, -0.1) is 0 Å². The summed E-state index contributed by atoms with van der Waals surface area (Å²) in [6.45, 7) is 2.49. The Balaban J connectivity index is 1.38. The fourth-order valence-electron chi connectivity index (χ4n) is 3.22. The Bertz CT molecular complexity index is 700. The fraction of sp³-hybridized carbons (Fsp3) is 0.474. The van der Waals surface area contributed by atoms with Crippen LogP contribution in [0.15, 0.2) is 36.7 Å². The third-order valence-corrected chi connectivity index (χ3v) is 4.71. The summed E-state index contributed by atoms with van der Waals surface area (Å²) in [6, 6.07) is 7.78. The first-order valence-corrected chi connectivity index (χ1v) is 9.17. The van der Waals surface area contributed by atoms with Crippen molar-refractivity contribution in [3.8, 4) is 0 Å². The molecule has 0 radical (unpaired) electrons. The van der Waals surface area contributed by atoms with Crippen LogP contribution in [0.4, 0.5) is 11.8 Å². The van der Waals surface area contributed by atoms with Crippen LogP contribution in [0, 0.1) is 5.92 Å². The molecule has 0 atom stereocenters. The van der Waals surface area contributed by atoms with Crippen LogP contribution in [0.5, 0.6) is 0 Å². The summed E-state index contributed by atoms with van der Waals surface area (Å²) in [6.07, 6.45) is 6.94. The normalized spacial score (nSPS) is 14.9. The van der Waals surface area contributed by atoms with Gasteiger partial charge in [0.25, 0.3) is 0 Å². The number of aromatic nitrogens is 3. The molecule has 0 unspecified atom stereocenters. The summed E-state index contributed by atoms with van der Waals surface area (Å²) in [5, 5.41) is 5.98. The Morgan fingerprint density at radius 2 is 2.04 bits per heavy atom. The van der Waals surface area contributed by atoms with Crippen molar-refractivity contribution < 1.29 is 4.79 Å². The highest BCUT2D eigenvalue weighted by Crippen LogP contribution is 2.24. The maximum atomic E-state index is 12.2. The molecule has 1 saturated heterocycles. The fourth-order valence-corrected chi connectivity index (χ4v) is 3.22. The SMILES string of the molecule is CNc1nccc(N2CCC(CC(=O)NCCc3ccccn3)CC2)n1. The molecule has 1 aliphatic rings. The summed E-state index contributed by atoms with van der Waals surface area (Å²) >= 11 is 0. The lowest BCUT2D eigenvalue weighted by molar-refractivity contribution is -0.122. The molecule has 7 heteroatoms. The van der Waals surface area contributed by atoms with E-state index in [0.29, 0.717) is 24.8 Å². The number of anilines is 2.